The smallest absolute Gasteiger partial charge is 0.305 e. The van der Waals surface area contributed by atoms with E-state index < -0.39 is 16.4 Å². The molecule has 0 bridgehead atoms. The maximum absolute atomic E-state index is 13.0. The Balaban J connectivity index is 2.33. The average Bonchev–Trinajstić information content (AvgIpc) is 2.71. The highest BCUT2D eigenvalue weighted by molar-refractivity contribution is 5.37. The molecule has 1 aromatic carbocycles. The van der Waals surface area contributed by atoms with Crippen molar-refractivity contribution in [3.63, 3.8) is 0 Å². The molecule has 2 rings (SSSR count). The molecule has 0 spiro atoms. The normalized spacial score (nSPS) is 20.5. The van der Waals surface area contributed by atoms with Crippen molar-refractivity contribution in [1.82, 2.24) is 5.32 Å². The Hall–Kier alpha value is -1.49. The quantitative estimate of drug-likeness (QED) is 0.601. The van der Waals surface area contributed by atoms with Gasteiger partial charge in [-0.15, -0.1) is 0 Å². The van der Waals surface area contributed by atoms with Gasteiger partial charge in [-0.1, -0.05) is 6.07 Å². The predicted molar refractivity (Wildman–Crippen MR) is 53.0 cm³/mol. The average molecular weight is 210 g/mol. The van der Waals surface area contributed by atoms with Gasteiger partial charge in [-0.05, 0) is 31.0 Å². The first-order valence-corrected chi connectivity index (χ1v) is 4.85. The van der Waals surface area contributed by atoms with Crippen molar-refractivity contribution in [2.24, 2.45) is 0 Å². The van der Waals surface area contributed by atoms with E-state index >= 15 is 0 Å². The molecule has 0 amide bonds. The van der Waals surface area contributed by atoms with Crippen molar-refractivity contribution in [2.75, 3.05) is 6.54 Å². The maximum atomic E-state index is 13.0. The monoisotopic (exact) mass is 210 g/mol. The molecular formula is C10H11FN2O2. The van der Waals surface area contributed by atoms with Crippen LogP contribution in [0.15, 0.2) is 18.2 Å². The summed E-state index contributed by atoms with van der Waals surface area (Å²) in [7, 11) is 0. The summed E-state index contributed by atoms with van der Waals surface area (Å²) in [6.07, 6.45) is 2.00. The molecule has 4 nitrogen and oxygen atoms in total. The fourth-order valence-corrected chi connectivity index (χ4v) is 1.86. The highest BCUT2D eigenvalue weighted by atomic mass is 19.1. The van der Waals surface area contributed by atoms with Crippen molar-refractivity contribution in [2.45, 2.75) is 18.9 Å². The van der Waals surface area contributed by atoms with Crippen LogP contribution in [0.25, 0.3) is 0 Å². The van der Waals surface area contributed by atoms with Crippen molar-refractivity contribution < 1.29 is 9.31 Å². The molecular weight excluding hydrogens is 199 g/mol. The van der Waals surface area contributed by atoms with Gasteiger partial charge in [-0.2, -0.15) is 4.39 Å². The van der Waals surface area contributed by atoms with Crippen LogP contribution in [-0.2, 0) is 0 Å². The molecule has 80 valence electrons. The third-order valence-corrected chi connectivity index (χ3v) is 2.63. The number of nitro groups is 1. The van der Waals surface area contributed by atoms with Gasteiger partial charge < -0.3 is 5.32 Å². The van der Waals surface area contributed by atoms with Crippen molar-refractivity contribution in [3.05, 3.63) is 39.7 Å². The van der Waals surface area contributed by atoms with Crippen LogP contribution in [0, 0.1) is 15.9 Å². The van der Waals surface area contributed by atoms with Crippen LogP contribution >= 0.6 is 0 Å². The maximum Gasteiger partial charge on any atom is 0.305 e. The lowest BCUT2D eigenvalue weighted by Crippen LogP contribution is -2.13. The zero-order valence-electron chi connectivity index (χ0n) is 8.07. The van der Waals surface area contributed by atoms with E-state index in [9.17, 15) is 14.5 Å². The van der Waals surface area contributed by atoms with Gasteiger partial charge in [0.15, 0.2) is 0 Å². The minimum atomic E-state index is -0.776. The summed E-state index contributed by atoms with van der Waals surface area (Å²) >= 11 is 0. The van der Waals surface area contributed by atoms with Crippen molar-refractivity contribution in [3.8, 4) is 0 Å². The minimum absolute atomic E-state index is 0.129. The third-order valence-electron chi connectivity index (χ3n) is 2.63. The topological polar surface area (TPSA) is 55.2 Å². The zero-order valence-corrected chi connectivity index (χ0v) is 8.07. The van der Waals surface area contributed by atoms with Crippen molar-refractivity contribution in [1.29, 1.82) is 0 Å². The summed E-state index contributed by atoms with van der Waals surface area (Å²) in [5.74, 6) is -0.776. The Labute approximate surface area is 86.3 Å². The largest absolute Gasteiger partial charge is 0.310 e. The second-order valence-electron chi connectivity index (χ2n) is 3.62. The number of halogens is 1. The van der Waals surface area contributed by atoms with Gasteiger partial charge >= 0.3 is 5.69 Å². The third kappa shape index (κ3) is 1.97. The van der Waals surface area contributed by atoms with Gasteiger partial charge in [0.05, 0.1) is 4.92 Å². The Morgan fingerprint density at radius 2 is 2.33 bits per heavy atom. The molecule has 1 aliphatic rings. The number of rotatable bonds is 2. The van der Waals surface area contributed by atoms with E-state index in [2.05, 4.69) is 5.32 Å². The van der Waals surface area contributed by atoms with Gasteiger partial charge in [0, 0.05) is 12.1 Å². The molecule has 0 unspecified atom stereocenters. The molecule has 0 saturated carbocycles. The number of nitrogens with zero attached hydrogens (tertiary/aromatic N) is 1. The van der Waals surface area contributed by atoms with E-state index in [1.165, 1.54) is 6.07 Å². The molecule has 15 heavy (non-hydrogen) atoms. The van der Waals surface area contributed by atoms with Crippen LogP contribution in [0.3, 0.4) is 0 Å². The van der Waals surface area contributed by atoms with Gasteiger partial charge in [-0.3, -0.25) is 10.1 Å². The van der Waals surface area contributed by atoms with Crippen LogP contribution < -0.4 is 5.32 Å². The lowest BCUT2D eigenvalue weighted by atomic mass is 10.0. The fraction of sp³-hybridized carbons (Fsp3) is 0.400. The molecule has 1 N–H and O–H groups in total. The fourth-order valence-electron chi connectivity index (χ4n) is 1.86. The van der Waals surface area contributed by atoms with E-state index in [1.54, 1.807) is 6.07 Å². The highest BCUT2D eigenvalue weighted by Gasteiger charge is 2.21. The van der Waals surface area contributed by atoms with Crippen LogP contribution in [0.2, 0.25) is 0 Å². The number of hydrogen-bond donors (Lipinski definition) is 1. The van der Waals surface area contributed by atoms with Crippen molar-refractivity contribution >= 4 is 5.69 Å². The molecule has 1 aromatic rings. The molecule has 5 heteroatoms. The van der Waals surface area contributed by atoms with Crippen LogP contribution in [-0.4, -0.2) is 11.5 Å². The number of benzene rings is 1. The molecule has 1 heterocycles. The summed E-state index contributed by atoms with van der Waals surface area (Å²) in [4.78, 5) is 9.85. The Morgan fingerprint density at radius 3 is 2.93 bits per heavy atom. The Kier molecular flexibility index (Phi) is 2.64. The first-order valence-electron chi connectivity index (χ1n) is 4.85. The SMILES string of the molecule is O=[N+]([O-])c1cc([C@H]2CCCN2)ccc1F. The predicted octanol–water partition coefficient (Wildman–Crippen LogP) is 2.16. The molecule has 0 aromatic heterocycles. The Bertz CT molecular complexity index is 389. The summed E-state index contributed by atoms with van der Waals surface area (Å²) in [6.45, 7) is 0.913. The first-order chi connectivity index (χ1) is 7.18. The van der Waals surface area contributed by atoms with Gasteiger partial charge in [0.2, 0.25) is 5.82 Å². The minimum Gasteiger partial charge on any atom is -0.310 e. The van der Waals surface area contributed by atoms with Crippen LogP contribution in [0.4, 0.5) is 10.1 Å². The number of hydrogen-bond acceptors (Lipinski definition) is 3. The lowest BCUT2D eigenvalue weighted by Gasteiger charge is -2.09. The molecule has 0 aliphatic carbocycles. The molecule has 1 fully saturated rings. The highest BCUT2D eigenvalue weighted by Crippen LogP contribution is 2.27. The van der Waals surface area contributed by atoms with E-state index in [1.807, 2.05) is 0 Å². The number of nitrogens with one attached hydrogen (secondary N) is 1. The van der Waals surface area contributed by atoms with Crippen LogP contribution in [0.5, 0.6) is 0 Å². The first kappa shape index (κ1) is 10.0. The summed E-state index contributed by atoms with van der Waals surface area (Å²) in [5.41, 5.74) is 0.349. The summed E-state index contributed by atoms with van der Waals surface area (Å²) in [5, 5.41) is 13.7. The molecule has 1 atom stereocenters. The Morgan fingerprint density at radius 1 is 1.53 bits per heavy atom. The van der Waals surface area contributed by atoms with E-state index in [4.69, 9.17) is 0 Å². The van der Waals surface area contributed by atoms with Crippen LogP contribution in [0.1, 0.15) is 24.4 Å². The second-order valence-corrected chi connectivity index (χ2v) is 3.62. The van der Waals surface area contributed by atoms with E-state index in [0.29, 0.717) is 0 Å². The standard InChI is InChI=1S/C10H11FN2O2/c11-8-4-3-7(6-10(8)13(14)15)9-2-1-5-12-9/h3-4,6,9,12H,1-2,5H2/t9-/m1/s1. The lowest BCUT2D eigenvalue weighted by molar-refractivity contribution is -0.387. The molecule has 1 aliphatic heterocycles. The molecule has 0 radical (unpaired) electrons. The molecule has 1 saturated heterocycles. The van der Waals surface area contributed by atoms with Gasteiger partial charge in [0.1, 0.15) is 0 Å². The number of nitro benzene ring substituents is 1. The second kappa shape index (κ2) is 3.94. The van der Waals surface area contributed by atoms with E-state index in [-0.39, 0.29) is 6.04 Å². The summed E-state index contributed by atoms with van der Waals surface area (Å²) in [6, 6.07) is 4.21. The van der Waals surface area contributed by atoms with Gasteiger partial charge in [0.25, 0.3) is 0 Å². The zero-order chi connectivity index (χ0) is 10.8. The van der Waals surface area contributed by atoms with E-state index in [0.717, 1.165) is 31.0 Å². The van der Waals surface area contributed by atoms with Gasteiger partial charge in [-0.25, -0.2) is 0 Å². The summed E-state index contributed by atoms with van der Waals surface area (Å²) < 4.78 is 13.0.